The zero-order valence-corrected chi connectivity index (χ0v) is 11.4. The number of hydrogen-bond donors (Lipinski definition) is 2. The fourth-order valence-electron chi connectivity index (χ4n) is 1.99. The van der Waals surface area contributed by atoms with E-state index < -0.39 is 38.8 Å². The molecule has 2 rings (SSSR count). The molecule has 11 heteroatoms. The Labute approximate surface area is 125 Å². The Balaban J connectivity index is 2.98. The van der Waals surface area contributed by atoms with Crippen LogP contribution in [0.2, 0.25) is 10.0 Å². The van der Waals surface area contributed by atoms with Gasteiger partial charge in [-0.25, -0.2) is 4.79 Å². The van der Waals surface area contributed by atoms with E-state index in [2.05, 4.69) is 4.98 Å². The van der Waals surface area contributed by atoms with Crippen molar-refractivity contribution in [2.45, 2.75) is 6.54 Å². The molecule has 0 bridgehead atoms. The van der Waals surface area contributed by atoms with E-state index in [-0.39, 0.29) is 21.5 Å². The van der Waals surface area contributed by atoms with E-state index in [1.54, 1.807) is 0 Å². The van der Waals surface area contributed by atoms with Gasteiger partial charge in [-0.1, -0.05) is 23.2 Å². The second kappa shape index (κ2) is 5.19. The maximum absolute atomic E-state index is 11.1. The molecular formula is C10H5Cl2N3O6. The van der Waals surface area contributed by atoms with Crippen molar-refractivity contribution in [3.63, 3.8) is 0 Å². The van der Waals surface area contributed by atoms with Crippen LogP contribution in [-0.4, -0.2) is 25.9 Å². The van der Waals surface area contributed by atoms with E-state index in [9.17, 15) is 25.0 Å². The topological polar surface area (TPSA) is 139 Å². The monoisotopic (exact) mass is 333 g/mol. The van der Waals surface area contributed by atoms with Crippen molar-refractivity contribution in [3.8, 4) is 0 Å². The Morgan fingerprint density at radius 1 is 1.33 bits per heavy atom. The van der Waals surface area contributed by atoms with E-state index in [0.717, 1.165) is 0 Å². The van der Waals surface area contributed by atoms with Crippen LogP contribution in [0.15, 0.2) is 6.07 Å². The number of aromatic nitrogens is 1. The smallest absolute Gasteiger partial charge is 0.352 e. The first-order valence-electron chi connectivity index (χ1n) is 5.26. The molecule has 0 amide bonds. The summed E-state index contributed by atoms with van der Waals surface area (Å²) >= 11 is 11.5. The number of nitrogens with one attached hydrogen (secondary N) is 1. The fraction of sp³-hybridized carbons (Fsp3) is 0.100. The summed E-state index contributed by atoms with van der Waals surface area (Å²) in [5.74, 6) is -1.48. The van der Waals surface area contributed by atoms with Crippen molar-refractivity contribution < 1.29 is 19.7 Å². The molecule has 0 saturated heterocycles. The van der Waals surface area contributed by atoms with E-state index >= 15 is 0 Å². The SMILES string of the molecule is O=C(O)c1[nH]c2cc(Cl)c(Cl)c([N+](=O)[O-])c2c1C[N+](=O)[O-]. The van der Waals surface area contributed by atoms with E-state index in [0.29, 0.717) is 0 Å². The number of aromatic carboxylic acids is 1. The molecule has 0 aliphatic heterocycles. The maximum atomic E-state index is 11.1. The van der Waals surface area contributed by atoms with Gasteiger partial charge in [0.1, 0.15) is 10.7 Å². The van der Waals surface area contributed by atoms with Gasteiger partial charge in [-0.2, -0.15) is 0 Å². The third kappa shape index (κ3) is 2.48. The number of H-pyrrole nitrogens is 1. The normalized spacial score (nSPS) is 10.8. The quantitative estimate of drug-likeness (QED) is 0.651. The Hall–Kier alpha value is -2.39. The van der Waals surface area contributed by atoms with Gasteiger partial charge in [0, 0.05) is 4.92 Å². The minimum Gasteiger partial charge on any atom is -0.477 e. The number of carbonyl (C=O) groups is 1. The number of nitro groups is 2. The van der Waals surface area contributed by atoms with Crippen LogP contribution in [0.1, 0.15) is 16.1 Å². The first-order valence-corrected chi connectivity index (χ1v) is 6.01. The molecule has 0 saturated carbocycles. The number of benzene rings is 1. The van der Waals surface area contributed by atoms with Crippen LogP contribution in [0.4, 0.5) is 5.69 Å². The van der Waals surface area contributed by atoms with Crippen LogP contribution in [0.3, 0.4) is 0 Å². The highest BCUT2D eigenvalue weighted by Crippen LogP contribution is 2.41. The van der Waals surface area contributed by atoms with Gasteiger partial charge in [0.2, 0.25) is 6.54 Å². The van der Waals surface area contributed by atoms with Gasteiger partial charge in [0.15, 0.2) is 0 Å². The number of aromatic amines is 1. The van der Waals surface area contributed by atoms with E-state index in [4.69, 9.17) is 28.3 Å². The second-order valence-corrected chi connectivity index (χ2v) is 4.76. The van der Waals surface area contributed by atoms with Crippen LogP contribution in [0.5, 0.6) is 0 Å². The maximum Gasteiger partial charge on any atom is 0.352 e. The summed E-state index contributed by atoms with van der Waals surface area (Å²) in [7, 11) is 0. The van der Waals surface area contributed by atoms with Gasteiger partial charge in [-0.3, -0.25) is 20.2 Å². The molecule has 0 radical (unpaired) electrons. The van der Waals surface area contributed by atoms with Gasteiger partial charge in [0.05, 0.1) is 26.4 Å². The lowest BCUT2D eigenvalue weighted by atomic mass is 10.1. The fourth-order valence-corrected chi connectivity index (χ4v) is 2.41. The number of carboxylic acid groups (broad SMARTS) is 1. The van der Waals surface area contributed by atoms with Crippen LogP contribution < -0.4 is 0 Å². The predicted molar refractivity (Wildman–Crippen MR) is 72.6 cm³/mol. The predicted octanol–water partition coefficient (Wildman–Crippen LogP) is 2.86. The number of fused-ring (bicyclic) bond motifs is 1. The molecule has 110 valence electrons. The molecule has 9 nitrogen and oxygen atoms in total. The van der Waals surface area contributed by atoms with Crippen LogP contribution in [-0.2, 0) is 6.54 Å². The van der Waals surface area contributed by atoms with Crippen LogP contribution >= 0.6 is 23.2 Å². The van der Waals surface area contributed by atoms with Crippen molar-refractivity contribution in [1.82, 2.24) is 4.98 Å². The Morgan fingerprint density at radius 3 is 2.43 bits per heavy atom. The van der Waals surface area contributed by atoms with Crippen molar-refractivity contribution >= 4 is 45.8 Å². The Morgan fingerprint density at radius 2 is 1.95 bits per heavy atom. The van der Waals surface area contributed by atoms with Gasteiger partial charge >= 0.3 is 5.97 Å². The molecule has 21 heavy (non-hydrogen) atoms. The Bertz CT molecular complexity index is 800. The van der Waals surface area contributed by atoms with Crippen molar-refractivity contribution in [2.75, 3.05) is 0 Å². The summed E-state index contributed by atoms with van der Waals surface area (Å²) in [6.45, 7) is -0.902. The van der Waals surface area contributed by atoms with Gasteiger partial charge in [0.25, 0.3) is 5.69 Å². The average Bonchev–Trinajstić information content (AvgIpc) is 2.68. The lowest BCUT2D eigenvalue weighted by Crippen LogP contribution is -2.06. The molecule has 0 spiro atoms. The third-order valence-electron chi connectivity index (χ3n) is 2.74. The lowest BCUT2D eigenvalue weighted by Gasteiger charge is -2.01. The summed E-state index contributed by atoms with van der Waals surface area (Å²) in [6.07, 6.45) is 0. The third-order valence-corrected chi connectivity index (χ3v) is 3.52. The van der Waals surface area contributed by atoms with E-state index in [1.807, 2.05) is 0 Å². The second-order valence-electron chi connectivity index (χ2n) is 3.98. The molecule has 1 aromatic heterocycles. The first kappa shape index (κ1) is 15.0. The zero-order chi connectivity index (χ0) is 15.9. The minimum absolute atomic E-state index is 0.00894. The van der Waals surface area contributed by atoms with Gasteiger partial charge in [-0.15, -0.1) is 0 Å². The van der Waals surface area contributed by atoms with Gasteiger partial charge < -0.3 is 10.1 Å². The molecule has 0 fully saturated rings. The zero-order valence-electron chi connectivity index (χ0n) is 9.92. The molecule has 0 unspecified atom stereocenters. The van der Waals surface area contributed by atoms with E-state index in [1.165, 1.54) is 6.07 Å². The largest absolute Gasteiger partial charge is 0.477 e. The van der Waals surface area contributed by atoms with Crippen LogP contribution in [0.25, 0.3) is 10.9 Å². The van der Waals surface area contributed by atoms with Crippen molar-refractivity contribution in [2.24, 2.45) is 0 Å². The molecule has 2 aromatic rings. The number of rotatable bonds is 4. The summed E-state index contributed by atoms with van der Waals surface area (Å²) in [6, 6.07) is 1.18. The summed E-state index contributed by atoms with van der Waals surface area (Å²) in [5, 5.41) is 30.1. The molecule has 0 aliphatic carbocycles. The average molecular weight is 334 g/mol. The number of halogens is 2. The number of hydrogen-bond acceptors (Lipinski definition) is 5. The summed E-state index contributed by atoms with van der Waals surface area (Å²) in [5.41, 5.74) is -1.51. The number of nitrogens with zero attached hydrogens (tertiary/aromatic N) is 2. The lowest BCUT2D eigenvalue weighted by molar-refractivity contribution is -0.496. The van der Waals surface area contributed by atoms with Gasteiger partial charge in [-0.05, 0) is 6.07 Å². The Kier molecular flexibility index (Phi) is 3.71. The molecule has 1 heterocycles. The first-order chi connectivity index (χ1) is 9.73. The highest BCUT2D eigenvalue weighted by Gasteiger charge is 2.30. The molecule has 0 atom stereocenters. The molecular weight excluding hydrogens is 329 g/mol. The highest BCUT2D eigenvalue weighted by atomic mass is 35.5. The minimum atomic E-state index is -1.48. The number of carboxylic acids is 1. The molecule has 0 aliphatic rings. The standard InChI is InChI=1S/C10H5Cl2N3O6/c11-4-1-5-6(9(7(4)12)15(20)21)3(2-14(18)19)8(13-5)10(16)17/h1,13H,2H2,(H,16,17). The number of nitro benzene ring substituents is 1. The molecule has 2 N–H and O–H groups in total. The molecule has 1 aromatic carbocycles. The highest BCUT2D eigenvalue weighted by molar-refractivity contribution is 6.44. The van der Waals surface area contributed by atoms with Crippen molar-refractivity contribution in [3.05, 3.63) is 47.6 Å². The van der Waals surface area contributed by atoms with Crippen molar-refractivity contribution in [1.29, 1.82) is 0 Å². The van der Waals surface area contributed by atoms with Crippen LogP contribution in [0, 0.1) is 20.2 Å². The summed E-state index contributed by atoms with van der Waals surface area (Å²) in [4.78, 5) is 33.7. The summed E-state index contributed by atoms with van der Waals surface area (Å²) < 4.78 is 0.